The summed E-state index contributed by atoms with van der Waals surface area (Å²) in [4.78, 5) is 2.31. The fourth-order valence-electron chi connectivity index (χ4n) is 2.23. The minimum atomic E-state index is 0.589. The normalized spacial score (nSPS) is 18.6. The number of rotatable bonds is 4. The maximum absolute atomic E-state index is 4.20. The summed E-state index contributed by atoms with van der Waals surface area (Å²) >= 11 is 0. The van der Waals surface area contributed by atoms with Gasteiger partial charge in [-0.1, -0.05) is 38.7 Å². The van der Waals surface area contributed by atoms with E-state index in [1.165, 1.54) is 44.2 Å². The Bertz CT molecular complexity index is 178. The van der Waals surface area contributed by atoms with Gasteiger partial charge < -0.3 is 4.90 Å². The van der Waals surface area contributed by atoms with Crippen LogP contribution in [0.25, 0.3) is 0 Å². The van der Waals surface area contributed by atoms with Crippen molar-refractivity contribution in [2.24, 2.45) is 5.92 Å². The molecule has 1 aliphatic carbocycles. The van der Waals surface area contributed by atoms with Gasteiger partial charge in [0.2, 0.25) is 0 Å². The van der Waals surface area contributed by atoms with Crippen LogP contribution in [0.2, 0.25) is 0 Å². The van der Waals surface area contributed by atoms with E-state index in [4.69, 9.17) is 0 Å². The third-order valence-corrected chi connectivity index (χ3v) is 3.52. The maximum Gasteiger partial charge on any atom is 0.0226 e. The largest absolute Gasteiger partial charge is 0.376 e. The van der Waals surface area contributed by atoms with Gasteiger partial charge in [0.15, 0.2) is 0 Å². The average Bonchev–Trinajstić information content (AvgIpc) is 2.18. The Morgan fingerprint density at radius 2 is 1.86 bits per heavy atom. The lowest BCUT2D eigenvalue weighted by Gasteiger charge is -2.30. The third-order valence-electron chi connectivity index (χ3n) is 3.52. The van der Waals surface area contributed by atoms with Crippen LogP contribution in [0.5, 0.6) is 0 Å². The highest BCUT2D eigenvalue weighted by Gasteiger charge is 2.16. The first-order valence-corrected chi connectivity index (χ1v) is 6.02. The number of hydrogen-bond donors (Lipinski definition) is 0. The van der Waals surface area contributed by atoms with Crippen molar-refractivity contribution < 1.29 is 0 Å². The first-order valence-electron chi connectivity index (χ1n) is 6.02. The zero-order valence-corrected chi connectivity index (χ0v) is 10.1. The van der Waals surface area contributed by atoms with Crippen LogP contribution in [-0.4, -0.2) is 18.0 Å². The lowest BCUT2D eigenvalue weighted by atomic mass is 9.86. The molecule has 1 saturated carbocycles. The van der Waals surface area contributed by atoms with Crippen molar-refractivity contribution in [1.29, 1.82) is 0 Å². The molecule has 0 aromatic rings. The second-order valence-electron chi connectivity index (χ2n) is 4.98. The van der Waals surface area contributed by atoms with Crippen LogP contribution in [0.3, 0.4) is 0 Å². The summed E-state index contributed by atoms with van der Waals surface area (Å²) in [5.41, 5.74) is 1.33. The van der Waals surface area contributed by atoms with Gasteiger partial charge in [0.25, 0.3) is 0 Å². The lowest BCUT2D eigenvalue weighted by molar-refractivity contribution is 0.286. The van der Waals surface area contributed by atoms with Gasteiger partial charge in [-0.15, -0.1) is 0 Å². The molecule has 14 heavy (non-hydrogen) atoms. The molecule has 0 N–H and O–H groups in total. The minimum absolute atomic E-state index is 0.589. The van der Waals surface area contributed by atoms with Gasteiger partial charge in [-0.3, -0.25) is 0 Å². The topological polar surface area (TPSA) is 3.24 Å². The molecule has 0 spiro atoms. The molecule has 1 rings (SSSR count). The molecule has 0 aliphatic heterocycles. The van der Waals surface area contributed by atoms with E-state index >= 15 is 0 Å². The quantitative estimate of drug-likeness (QED) is 0.659. The standard InChI is InChI=1S/C13H25N/c1-11(2)14(4)12(3)10-13-8-6-5-7-9-13/h11,13H,3,5-10H2,1-2,4H3. The minimum Gasteiger partial charge on any atom is -0.376 e. The van der Waals surface area contributed by atoms with Gasteiger partial charge in [0.1, 0.15) is 0 Å². The number of allylic oxidation sites excluding steroid dienone is 1. The second kappa shape index (κ2) is 5.43. The Hall–Kier alpha value is -0.460. The van der Waals surface area contributed by atoms with E-state index in [0.29, 0.717) is 6.04 Å². The molecular weight excluding hydrogens is 170 g/mol. The van der Waals surface area contributed by atoms with Crippen LogP contribution < -0.4 is 0 Å². The molecule has 1 nitrogen and oxygen atoms in total. The fourth-order valence-corrected chi connectivity index (χ4v) is 2.23. The molecule has 1 fully saturated rings. The molecule has 0 atom stereocenters. The Labute approximate surface area is 89.2 Å². The zero-order valence-electron chi connectivity index (χ0n) is 10.1. The first kappa shape index (κ1) is 11.6. The van der Waals surface area contributed by atoms with Crippen LogP contribution >= 0.6 is 0 Å². The summed E-state index contributed by atoms with van der Waals surface area (Å²) in [5.74, 6) is 0.914. The predicted molar refractivity (Wildman–Crippen MR) is 63.2 cm³/mol. The summed E-state index contributed by atoms with van der Waals surface area (Å²) in [6.07, 6.45) is 8.38. The van der Waals surface area contributed by atoms with Crippen molar-refractivity contribution in [3.8, 4) is 0 Å². The van der Waals surface area contributed by atoms with Crippen LogP contribution in [0.4, 0.5) is 0 Å². The van der Waals surface area contributed by atoms with E-state index in [0.717, 1.165) is 5.92 Å². The Balaban J connectivity index is 2.31. The highest BCUT2D eigenvalue weighted by Crippen LogP contribution is 2.29. The highest BCUT2D eigenvalue weighted by atomic mass is 15.1. The van der Waals surface area contributed by atoms with Gasteiger partial charge >= 0.3 is 0 Å². The summed E-state index contributed by atoms with van der Waals surface area (Å²) in [5, 5.41) is 0. The van der Waals surface area contributed by atoms with E-state index in [2.05, 4.69) is 32.4 Å². The fraction of sp³-hybridized carbons (Fsp3) is 0.846. The SMILES string of the molecule is C=C(CC1CCCCC1)N(C)C(C)C. The molecular formula is C13H25N. The molecule has 0 aromatic heterocycles. The van der Waals surface area contributed by atoms with E-state index in [1.807, 2.05) is 0 Å². The van der Waals surface area contributed by atoms with E-state index < -0.39 is 0 Å². The summed E-state index contributed by atoms with van der Waals surface area (Å²) < 4.78 is 0. The Morgan fingerprint density at radius 3 is 2.36 bits per heavy atom. The predicted octanol–water partition coefficient (Wildman–Crippen LogP) is 3.81. The third kappa shape index (κ3) is 3.36. The summed E-state index contributed by atoms with van der Waals surface area (Å²) in [6, 6.07) is 0.589. The van der Waals surface area contributed by atoms with E-state index in [-0.39, 0.29) is 0 Å². The van der Waals surface area contributed by atoms with Gasteiger partial charge in [-0.25, -0.2) is 0 Å². The summed E-state index contributed by atoms with van der Waals surface area (Å²) in [6.45, 7) is 8.65. The average molecular weight is 195 g/mol. The van der Waals surface area contributed by atoms with Gasteiger partial charge in [-0.2, -0.15) is 0 Å². The highest BCUT2D eigenvalue weighted by molar-refractivity contribution is 4.96. The monoisotopic (exact) mass is 195 g/mol. The second-order valence-corrected chi connectivity index (χ2v) is 4.98. The van der Waals surface area contributed by atoms with Crippen molar-refractivity contribution >= 4 is 0 Å². The zero-order chi connectivity index (χ0) is 10.6. The van der Waals surface area contributed by atoms with E-state index in [9.17, 15) is 0 Å². The number of hydrogen-bond acceptors (Lipinski definition) is 1. The Morgan fingerprint density at radius 1 is 1.29 bits per heavy atom. The molecule has 0 radical (unpaired) electrons. The molecule has 0 heterocycles. The van der Waals surface area contributed by atoms with E-state index in [1.54, 1.807) is 0 Å². The molecule has 82 valence electrons. The summed E-state index contributed by atoms with van der Waals surface area (Å²) in [7, 11) is 2.16. The first-order chi connectivity index (χ1) is 6.61. The van der Waals surface area contributed by atoms with Gasteiger partial charge in [0, 0.05) is 18.8 Å². The van der Waals surface area contributed by atoms with Crippen LogP contribution in [0.1, 0.15) is 52.4 Å². The van der Waals surface area contributed by atoms with Crippen molar-refractivity contribution in [2.75, 3.05) is 7.05 Å². The molecule has 0 amide bonds. The van der Waals surface area contributed by atoms with Gasteiger partial charge in [-0.05, 0) is 26.2 Å². The maximum atomic E-state index is 4.20. The van der Waals surface area contributed by atoms with Crippen molar-refractivity contribution in [1.82, 2.24) is 4.90 Å². The molecule has 0 aromatic carbocycles. The smallest absolute Gasteiger partial charge is 0.0226 e. The van der Waals surface area contributed by atoms with Crippen LogP contribution in [-0.2, 0) is 0 Å². The molecule has 0 saturated heterocycles. The van der Waals surface area contributed by atoms with Gasteiger partial charge in [0.05, 0.1) is 0 Å². The lowest BCUT2D eigenvalue weighted by Crippen LogP contribution is -2.26. The number of nitrogens with zero attached hydrogens (tertiary/aromatic N) is 1. The van der Waals surface area contributed by atoms with Crippen molar-refractivity contribution in [3.05, 3.63) is 12.3 Å². The molecule has 1 heteroatoms. The van der Waals surface area contributed by atoms with Crippen molar-refractivity contribution in [3.63, 3.8) is 0 Å². The molecule has 1 aliphatic rings. The van der Waals surface area contributed by atoms with Crippen molar-refractivity contribution in [2.45, 2.75) is 58.4 Å². The molecule has 0 unspecified atom stereocenters. The molecule has 0 bridgehead atoms. The van der Waals surface area contributed by atoms with Crippen LogP contribution in [0, 0.1) is 5.92 Å². The Kier molecular flexibility index (Phi) is 4.50. The van der Waals surface area contributed by atoms with Crippen LogP contribution in [0.15, 0.2) is 12.3 Å².